The lowest BCUT2D eigenvalue weighted by molar-refractivity contribution is 0.196. The average molecular weight is 250 g/mol. The number of hydrogen-bond acceptors (Lipinski definition) is 3. The maximum Gasteiger partial charge on any atom is 0.0479 e. The summed E-state index contributed by atoms with van der Waals surface area (Å²) >= 11 is 0. The molecule has 0 unspecified atom stereocenters. The number of methoxy groups -OCH3 is 1. The smallest absolute Gasteiger partial charge is 0.0479 e. The summed E-state index contributed by atoms with van der Waals surface area (Å²) in [6.45, 7) is 7.11. The molecule has 0 fully saturated rings. The zero-order valence-corrected chi connectivity index (χ0v) is 12.1. The summed E-state index contributed by atoms with van der Waals surface area (Å²) in [7, 11) is 3.87. The van der Waals surface area contributed by atoms with Crippen LogP contribution in [-0.2, 0) is 11.3 Å². The van der Waals surface area contributed by atoms with Gasteiger partial charge in [-0.05, 0) is 24.1 Å². The summed E-state index contributed by atoms with van der Waals surface area (Å²) in [5.74, 6) is 0. The second kappa shape index (κ2) is 8.11. The van der Waals surface area contributed by atoms with Gasteiger partial charge in [-0.2, -0.15) is 0 Å². The molecule has 0 spiro atoms. The van der Waals surface area contributed by atoms with E-state index in [-0.39, 0.29) is 0 Å². The van der Waals surface area contributed by atoms with E-state index in [0.29, 0.717) is 6.04 Å². The first kappa shape index (κ1) is 15.0. The normalized spacial score (nSPS) is 10.9. The Balaban J connectivity index is 2.43. The van der Waals surface area contributed by atoms with Crippen molar-refractivity contribution in [2.24, 2.45) is 0 Å². The van der Waals surface area contributed by atoms with Gasteiger partial charge in [0.25, 0.3) is 0 Å². The zero-order chi connectivity index (χ0) is 13.4. The number of ether oxygens (including phenoxy) is 1. The first-order chi connectivity index (χ1) is 8.63. The first-order valence-electron chi connectivity index (χ1n) is 6.66. The van der Waals surface area contributed by atoms with Crippen LogP contribution in [0.3, 0.4) is 0 Å². The van der Waals surface area contributed by atoms with Crippen molar-refractivity contribution in [1.82, 2.24) is 5.32 Å². The van der Waals surface area contributed by atoms with E-state index in [1.54, 1.807) is 7.11 Å². The number of rotatable bonds is 8. The topological polar surface area (TPSA) is 24.5 Å². The van der Waals surface area contributed by atoms with Crippen LogP contribution in [0.25, 0.3) is 0 Å². The Labute approximate surface area is 111 Å². The molecule has 1 aromatic carbocycles. The van der Waals surface area contributed by atoms with Crippen LogP contribution < -0.4 is 10.2 Å². The monoisotopic (exact) mass is 250 g/mol. The molecule has 0 aliphatic rings. The van der Waals surface area contributed by atoms with Gasteiger partial charge in [-0.25, -0.2) is 0 Å². The molecule has 0 saturated heterocycles. The Kier molecular flexibility index (Phi) is 6.76. The molecule has 0 aliphatic carbocycles. The van der Waals surface area contributed by atoms with Crippen molar-refractivity contribution in [3.8, 4) is 0 Å². The fourth-order valence-electron chi connectivity index (χ4n) is 1.77. The van der Waals surface area contributed by atoms with Crippen molar-refractivity contribution < 1.29 is 4.74 Å². The van der Waals surface area contributed by atoms with Crippen LogP contribution >= 0.6 is 0 Å². The van der Waals surface area contributed by atoms with Crippen LogP contribution in [0.5, 0.6) is 0 Å². The summed E-state index contributed by atoms with van der Waals surface area (Å²) in [6.07, 6.45) is 1.06. The largest absolute Gasteiger partial charge is 0.385 e. The number of anilines is 1. The van der Waals surface area contributed by atoms with Crippen LogP contribution in [-0.4, -0.2) is 33.4 Å². The molecule has 3 nitrogen and oxygen atoms in total. The van der Waals surface area contributed by atoms with Crippen molar-refractivity contribution in [1.29, 1.82) is 0 Å². The van der Waals surface area contributed by atoms with E-state index in [1.807, 2.05) is 0 Å². The van der Waals surface area contributed by atoms with E-state index in [2.05, 4.69) is 55.4 Å². The SMILES string of the molecule is COCCCN(C)c1ccc(CNC(C)C)cc1. The van der Waals surface area contributed by atoms with Gasteiger partial charge in [-0.1, -0.05) is 26.0 Å². The van der Waals surface area contributed by atoms with Crippen LogP contribution in [0.2, 0.25) is 0 Å². The predicted molar refractivity (Wildman–Crippen MR) is 78.2 cm³/mol. The summed E-state index contributed by atoms with van der Waals surface area (Å²) < 4.78 is 5.07. The lowest BCUT2D eigenvalue weighted by atomic mass is 10.2. The van der Waals surface area contributed by atoms with Gasteiger partial charge < -0.3 is 15.0 Å². The van der Waals surface area contributed by atoms with Crippen molar-refractivity contribution in [3.63, 3.8) is 0 Å². The van der Waals surface area contributed by atoms with E-state index in [4.69, 9.17) is 4.74 Å². The molecule has 0 aliphatic heterocycles. The highest BCUT2D eigenvalue weighted by Gasteiger charge is 2.01. The van der Waals surface area contributed by atoms with Gasteiger partial charge in [-0.3, -0.25) is 0 Å². The molecule has 1 rings (SSSR count). The standard InChI is InChI=1S/C15H26N2O/c1-13(2)16-12-14-6-8-15(9-7-14)17(3)10-5-11-18-4/h6-9,13,16H,5,10-12H2,1-4H3. The van der Waals surface area contributed by atoms with Crippen molar-refractivity contribution in [2.75, 3.05) is 32.2 Å². The number of nitrogens with zero attached hydrogens (tertiary/aromatic N) is 1. The number of benzene rings is 1. The Morgan fingerprint density at radius 2 is 1.89 bits per heavy atom. The summed E-state index contributed by atoms with van der Waals surface area (Å²) in [6, 6.07) is 9.28. The van der Waals surface area contributed by atoms with Gasteiger partial charge in [-0.15, -0.1) is 0 Å². The van der Waals surface area contributed by atoms with E-state index >= 15 is 0 Å². The fourth-order valence-corrected chi connectivity index (χ4v) is 1.77. The van der Waals surface area contributed by atoms with Gasteiger partial charge in [0.15, 0.2) is 0 Å². The van der Waals surface area contributed by atoms with Gasteiger partial charge in [0.1, 0.15) is 0 Å². The van der Waals surface area contributed by atoms with Crippen LogP contribution in [0.4, 0.5) is 5.69 Å². The summed E-state index contributed by atoms with van der Waals surface area (Å²) in [5.41, 5.74) is 2.59. The van der Waals surface area contributed by atoms with E-state index in [0.717, 1.165) is 26.1 Å². The Hall–Kier alpha value is -1.06. The van der Waals surface area contributed by atoms with E-state index in [9.17, 15) is 0 Å². The second-order valence-corrected chi connectivity index (χ2v) is 4.97. The van der Waals surface area contributed by atoms with Crippen LogP contribution in [0.1, 0.15) is 25.8 Å². The fraction of sp³-hybridized carbons (Fsp3) is 0.600. The minimum Gasteiger partial charge on any atom is -0.385 e. The number of nitrogens with one attached hydrogen (secondary N) is 1. The molecule has 0 aromatic heterocycles. The van der Waals surface area contributed by atoms with Gasteiger partial charge >= 0.3 is 0 Å². The maximum atomic E-state index is 5.07. The highest BCUT2D eigenvalue weighted by Crippen LogP contribution is 2.14. The Bertz CT molecular complexity index is 322. The highest BCUT2D eigenvalue weighted by atomic mass is 16.5. The maximum absolute atomic E-state index is 5.07. The van der Waals surface area contributed by atoms with Crippen molar-refractivity contribution in [3.05, 3.63) is 29.8 Å². The minimum atomic E-state index is 0.529. The third-order valence-corrected chi connectivity index (χ3v) is 2.93. The van der Waals surface area contributed by atoms with E-state index in [1.165, 1.54) is 11.3 Å². The van der Waals surface area contributed by atoms with Crippen molar-refractivity contribution in [2.45, 2.75) is 32.9 Å². The lowest BCUT2D eigenvalue weighted by Gasteiger charge is -2.19. The number of hydrogen-bond donors (Lipinski definition) is 1. The molecule has 3 heteroatoms. The van der Waals surface area contributed by atoms with Crippen LogP contribution in [0.15, 0.2) is 24.3 Å². The molecule has 0 bridgehead atoms. The third-order valence-electron chi connectivity index (χ3n) is 2.93. The Morgan fingerprint density at radius 3 is 2.44 bits per heavy atom. The molecule has 0 radical (unpaired) electrons. The van der Waals surface area contributed by atoms with E-state index < -0.39 is 0 Å². The molecule has 0 amide bonds. The zero-order valence-electron chi connectivity index (χ0n) is 12.1. The molecule has 1 aromatic rings. The van der Waals surface area contributed by atoms with Gasteiger partial charge in [0.2, 0.25) is 0 Å². The quantitative estimate of drug-likeness (QED) is 0.718. The predicted octanol–water partition coefficient (Wildman–Crippen LogP) is 2.66. The Morgan fingerprint density at radius 1 is 1.22 bits per heavy atom. The third kappa shape index (κ3) is 5.52. The van der Waals surface area contributed by atoms with Crippen molar-refractivity contribution >= 4 is 5.69 Å². The minimum absolute atomic E-state index is 0.529. The van der Waals surface area contributed by atoms with Crippen LogP contribution in [0, 0.1) is 0 Å². The van der Waals surface area contributed by atoms with Gasteiger partial charge in [0.05, 0.1) is 0 Å². The molecule has 1 N–H and O–H groups in total. The molecular weight excluding hydrogens is 224 g/mol. The first-order valence-corrected chi connectivity index (χ1v) is 6.66. The lowest BCUT2D eigenvalue weighted by Crippen LogP contribution is -2.22. The molecule has 18 heavy (non-hydrogen) atoms. The second-order valence-electron chi connectivity index (χ2n) is 4.97. The highest BCUT2D eigenvalue weighted by molar-refractivity contribution is 5.46. The summed E-state index contributed by atoms with van der Waals surface area (Å²) in [5, 5.41) is 3.42. The molecule has 0 saturated carbocycles. The average Bonchev–Trinajstić information content (AvgIpc) is 2.37. The van der Waals surface area contributed by atoms with Gasteiger partial charge in [0, 0.05) is 45.6 Å². The molecule has 0 heterocycles. The molecule has 0 atom stereocenters. The molecule has 102 valence electrons. The molecular formula is C15H26N2O. The summed E-state index contributed by atoms with van der Waals surface area (Å²) in [4.78, 5) is 2.26.